The van der Waals surface area contributed by atoms with Crippen LogP contribution in [0.2, 0.25) is 0 Å². The van der Waals surface area contributed by atoms with Gasteiger partial charge in [-0.2, -0.15) is 26.3 Å². The maximum Gasteiger partial charge on any atom is 0.402 e. The van der Waals surface area contributed by atoms with E-state index in [1.807, 2.05) is 0 Å². The van der Waals surface area contributed by atoms with Crippen LogP contribution < -0.4 is 0 Å². The first-order valence-electron chi connectivity index (χ1n) is 6.22. The van der Waals surface area contributed by atoms with Gasteiger partial charge in [0.2, 0.25) is 0 Å². The highest BCUT2D eigenvalue weighted by molar-refractivity contribution is 5.01. The average molecular weight is 310 g/mol. The minimum atomic E-state index is -5.49. The largest absolute Gasteiger partial charge is 0.402 e. The van der Waals surface area contributed by atoms with Crippen LogP contribution in [0.15, 0.2) is 0 Å². The first kappa shape index (κ1) is 19.5. The van der Waals surface area contributed by atoms with Crippen molar-refractivity contribution in [2.24, 2.45) is 16.7 Å². The summed E-state index contributed by atoms with van der Waals surface area (Å²) in [5, 5.41) is 0. The highest BCUT2D eigenvalue weighted by Crippen LogP contribution is 2.59. The second-order valence-corrected chi connectivity index (χ2v) is 6.55. The number of halogens is 7. The van der Waals surface area contributed by atoms with Gasteiger partial charge >= 0.3 is 12.4 Å². The number of rotatable bonds is 4. The average Bonchev–Trinajstić information content (AvgIpc) is 2.11. The van der Waals surface area contributed by atoms with E-state index in [0.29, 0.717) is 0 Å². The molecule has 0 fully saturated rings. The van der Waals surface area contributed by atoms with Gasteiger partial charge in [-0.15, -0.1) is 0 Å². The van der Waals surface area contributed by atoms with E-state index in [1.54, 1.807) is 0 Å². The van der Waals surface area contributed by atoms with E-state index in [0.717, 1.165) is 20.8 Å². The van der Waals surface area contributed by atoms with Crippen molar-refractivity contribution in [2.75, 3.05) is 0 Å². The zero-order valence-corrected chi connectivity index (χ0v) is 12.4. The van der Waals surface area contributed by atoms with Crippen molar-refractivity contribution in [3.05, 3.63) is 0 Å². The fourth-order valence-electron chi connectivity index (χ4n) is 2.20. The quantitative estimate of drug-likeness (QED) is 0.566. The van der Waals surface area contributed by atoms with Gasteiger partial charge in [-0.3, -0.25) is 0 Å². The Morgan fingerprint density at radius 3 is 1.15 bits per heavy atom. The molecule has 0 radical (unpaired) electrons. The van der Waals surface area contributed by atoms with Gasteiger partial charge in [0.1, 0.15) is 5.67 Å². The summed E-state index contributed by atoms with van der Waals surface area (Å²) in [6.45, 7) is 6.11. The SMILES string of the molecule is CC(C)C(C)(CC(C)(C(F)(F)F)C(F)(F)F)C(C)(C)F. The van der Waals surface area contributed by atoms with Crippen molar-refractivity contribution in [3.63, 3.8) is 0 Å². The summed E-state index contributed by atoms with van der Waals surface area (Å²) in [6.07, 6.45) is -12.3. The second-order valence-electron chi connectivity index (χ2n) is 6.55. The van der Waals surface area contributed by atoms with Crippen molar-refractivity contribution in [1.82, 2.24) is 0 Å². The molecular weight excluding hydrogens is 289 g/mol. The summed E-state index contributed by atoms with van der Waals surface area (Å²) in [7, 11) is 0. The van der Waals surface area contributed by atoms with Gasteiger partial charge in [0, 0.05) is 5.41 Å². The molecule has 0 bridgehead atoms. The summed E-state index contributed by atoms with van der Waals surface area (Å²) >= 11 is 0. The maximum absolute atomic E-state index is 14.3. The molecule has 0 aliphatic carbocycles. The monoisotopic (exact) mass is 310 g/mol. The molecule has 0 N–H and O–H groups in total. The lowest BCUT2D eigenvalue weighted by atomic mass is 9.60. The van der Waals surface area contributed by atoms with Gasteiger partial charge in [0.05, 0.1) is 0 Å². The van der Waals surface area contributed by atoms with Gasteiger partial charge in [-0.1, -0.05) is 20.8 Å². The Hall–Kier alpha value is -0.490. The Morgan fingerprint density at radius 2 is 1.00 bits per heavy atom. The van der Waals surface area contributed by atoms with Gasteiger partial charge in [-0.05, 0) is 33.1 Å². The molecule has 0 amide bonds. The molecule has 0 aromatic rings. The molecule has 0 nitrogen and oxygen atoms in total. The molecule has 0 rings (SSSR count). The van der Waals surface area contributed by atoms with Crippen molar-refractivity contribution in [2.45, 2.75) is 66.0 Å². The normalized spacial score (nSPS) is 18.3. The van der Waals surface area contributed by atoms with Crippen LogP contribution in [0.3, 0.4) is 0 Å². The molecule has 1 atom stereocenters. The van der Waals surface area contributed by atoms with E-state index in [-0.39, 0.29) is 6.92 Å². The highest BCUT2D eigenvalue weighted by atomic mass is 19.4. The smallest absolute Gasteiger partial charge is 0.244 e. The van der Waals surface area contributed by atoms with Gasteiger partial charge in [0.25, 0.3) is 0 Å². The molecule has 0 saturated carbocycles. The van der Waals surface area contributed by atoms with E-state index < -0.39 is 41.2 Å². The van der Waals surface area contributed by atoms with Crippen LogP contribution >= 0.6 is 0 Å². The maximum atomic E-state index is 14.3. The van der Waals surface area contributed by atoms with Gasteiger partial charge in [-0.25, -0.2) is 4.39 Å². The van der Waals surface area contributed by atoms with E-state index >= 15 is 0 Å². The third kappa shape index (κ3) is 3.22. The van der Waals surface area contributed by atoms with Crippen molar-refractivity contribution >= 4 is 0 Å². The van der Waals surface area contributed by atoms with E-state index in [1.165, 1.54) is 13.8 Å². The lowest BCUT2D eigenvalue weighted by Crippen LogP contribution is -2.55. The van der Waals surface area contributed by atoms with Crippen molar-refractivity contribution in [1.29, 1.82) is 0 Å². The van der Waals surface area contributed by atoms with Crippen LogP contribution in [0.1, 0.15) is 48.0 Å². The Morgan fingerprint density at radius 1 is 0.700 bits per heavy atom. The molecule has 7 heteroatoms. The number of alkyl halides is 7. The van der Waals surface area contributed by atoms with Crippen molar-refractivity contribution in [3.8, 4) is 0 Å². The predicted octanol–water partition coefficient (Wildman–Crippen LogP) is 5.92. The molecule has 0 aliphatic heterocycles. The van der Waals surface area contributed by atoms with E-state index in [9.17, 15) is 30.7 Å². The first-order chi connectivity index (χ1) is 8.40. The van der Waals surface area contributed by atoms with Crippen LogP contribution in [-0.2, 0) is 0 Å². The Balaban J connectivity index is 5.93. The van der Waals surface area contributed by atoms with Crippen LogP contribution in [0.4, 0.5) is 30.7 Å². The summed E-state index contributed by atoms with van der Waals surface area (Å²) in [4.78, 5) is 0. The molecule has 1 unspecified atom stereocenters. The summed E-state index contributed by atoms with van der Waals surface area (Å²) in [6, 6.07) is 0. The van der Waals surface area contributed by atoms with Gasteiger partial charge < -0.3 is 0 Å². The topological polar surface area (TPSA) is 0 Å². The Bertz CT molecular complexity index is 318. The van der Waals surface area contributed by atoms with Crippen LogP contribution in [-0.4, -0.2) is 18.0 Å². The molecule has 0 aliphatic rings. The molecule has 122 valence electrons. The fraction of sp³-hybridized carbons (Fsp3) is 1.00. The molecule has 0 aromatic heterocycles. The minimum absolute atomic E-state index is 0.0966. The van der Waals surface area contributed by atoms with Crippen LogP contribution in [0.25, 0.3) is 0 Å². The standard InChI is InChI=1S/C13H21F7/c1-8(2)10(5,9(3,4)14)7-11(6,12(15,16)17)13(18,19)20/h8H,7H2,1-6H3. The molecule has 0 saturated heterocycles. The third-order valence-electron chi connectivity index (χ3n) is 4.60. The third-order valence-corrected chi connectivity index (χ3v) is 4.60. The molecule has 0 heterocycles. The summed E-state index contributed by atoms with van der Waals surface area (Å²) < 4.78 is 91.9. The molecule has 0 aromatic carbocycles. The molecule has 0 spiro atoms. The predicted molar refractivity (Wildman–Crippen MR) is 63.0 cm³/mol. The van der Waals surface area contributed by atoms with Crippen molar-refractivity contribution < 1.29 is 30.7 Å². The lowest BCUT2D eigenvalue weighted by molar-refractivity contribution is -0.347. The van der Waals surface area contributed by atoms with Crippen LogP contribution in [0.5, 0.6) is 0 Å². The zero-order chi connectivity index (χ0) is 16.8. The number of hydrogen-bond donors (Lipinski definition) is 0. The molecular formula is C13H21F7. The zero-order valence-electron chi connectivity index (χ0n) is 12.4. The lowest BCUT2D eigenvalue weighted by Gasteiger charge is -2.48. The first-order valence-corrected chi connectivity index (χ1v) is 6.22. The molecule has 20 heavy (non-hydrogen) atoms. The van der Waals surface area contributed by atoms with Crippen LogP contribution in [0, 0.1) is 16.7 Å². The fourth-order valence-corrected chi connectivity index (χ4v) is 2.20. The van der Waals surface area contributed by atoms with E-state index in [2.05, 4.69) is 0 Å². The summed E-state index contributed by atoms with van der Waals surface area (Å²) in [5.74, 6) is -0.688. The Labute approximate surface area is 114 Å². The van der Waals surface area contributed by atoms with Gasteiger partial charge in [0.15, 0.2) is 5.41 Å². The van der Waals surface area contributed by atoms with E-state index in [4.69, 9.17) is 0 Å². The number of hydrogen-bond acceptors (Lipinski definition) is 0. The minimum Gasteiger partial charge on any atom is -0.244 e. The second kappa shape index (κ2) is 5.05. The summed E-state index contributed by atoms with van der Waals surface area (Å²) in [5.41, 5.74) is -7.89. The highest BCUT2D eigenvalue weighted by Gasteiger charge is 2.70. The Kier molecular flexibility index (Phi) is 4.93.